The lowest BCUT2D eigenvalue weighted by molar-refractivity contribution is 0.0951. The topological polar surface area (TPSA) is 32.3 Å². The molecule has 3 nitrogen and oxygen atoms in total. The molecule has 0 saturated carbocycles. The van der Waals surface area contributed by atoms with Gasteiger partial charge in [0.25, 0.3) is 5.91 Å². The zero-order valence-corrected chi connectivity index (χ0v) is 13.5. The molecule has 0 unspecified atom stereocenters. The second-order valence-corrected chi connectivity index (χ2v) is 5.70. The van der Waals surface area contributed by atoms with Crippen LogP contribution in [0.1, 0.15) is 35.3 Å². The first-order valence-electron chi connectivity index (χ1n) is 7.34. The van der Waals surface area contributed by atoms with Gasteiger partial charge < -0.3 is 5.32 Å². The standard InChI is InChI=1S/C17H22N2OS/c1-3-19(4-2)12-15-8-6-5-7-14(15)11-18-17(20)16-9-10-21-13-16/h5-10,13H,3-4,11-12H2,1-2H3,(H,18,20). The SMILES string of the molecule is CCN(CC)Cc1ccccc1CNC(=O)c1ccsc1. The molecule has 0 aliphatic carbocycles. The molecule has 21 heavy (non-hydrogen) atoms. The Bertz CT molecular complexity index is 562. The lowest BCUT2D eigenvalue weighted by Gasteiger charge is -2.20. The number of rotatable bonds is 7. The van der Waals surface area contributed by atoms with E-state index >= 15 is 0 Å². The van der Waals surface area contributed by atoms with E-state index in [0.717, 1.165) is 25.2 Å². The molecule has 0 fully saturated rings. The molecule has 0 spiro atoms. The maximum Gasteiger partial charge on any atom is 0.252 e. The van der Waals surface area contributed by atoms with Crippen LogP contribution >= 0.6 is 11.3 Å². The number of hydrogen-bond donors (Lipinski definition) is 1. The summed E-state index contributed by atoms with van der Waals surface area (Å²) in [6.45, 7) is 7.91. The van der Waals surface area contributed by atoms with E-state index in [2.05, 4.69) is 42.3 Å². The van der Waals surface area contributed by atoms with Crippen molar-refractivity contribution in [2.45, 2.75) is 26.9 Å². The smallest absolute Gasteiger partial charge is 0.252 e. The van der Waals surface area contributed by atoms with Crippen molar-refractivity contribution in [2.24, 2.45) is 0 Å². The lowest BCUT2D eigenvalue weighted by atomic mass is 10.1. The van der Waals surface area contributed by atoms with E-state index in [-0.39, 0.29) is 5.91 Å². The van der Waals surface area contributed by atoms with Crippen molar-refractivity contribution in [3.8, 4) is 0 Å². The Balaban J connectivity index is 2.01. The van der Waals surface area contributed by atoms with Crippen molar-refractivity contribution in [3.05, 3.63) is 57.8 Å². The van der Waals surface area contributed by atoms with Gasteiger partial charge in [-0.1, -0.05) is 38.1 Å². The number of benzene rings is 1. The molecule has 4 heteroatoms. The summed E-state index contributed by atoms with van der Waals surface area (Å²) in [5, 5.41) is 6.79. The Labute approximate surface area is 130 Å². The van der Waals surface area contributed by atoms with Crippen LogP contribution in [0.15, 0.2) is 41.1 Å². The fourth-order valence-electron chi connectivity index (χ4n) is 2.24. The van der Waals surface area contributed by atoms with E-state index in [1.165, 1.54) is 22.5 Å². The van der Waals surface area contributed by atoms with Crippen LogP contribution in [-0.4, -0.2) is 23.9 Å². The van der Waals surface area contributed by atoms with Crippen LogP contribution in [0.2, 0.25) is 0 Å². The molecular weight excluding hydrogens is 280 g/mol. The maximum absolute atomic E-state index is 12.0. The molecule has 1 aromatic heterocycles. The summed E-state index contributed by atoms with van der Waals surface area (Å²) in [5.74, 6) is -0.00566. The highest BCUT2D eigenvalue weighted by Gasteiger charge is 2.09. The first kappa shape index (κ1) is 15.7. The zero-order chi connectivity index (χ0) is 15.1. The third-order valence-electron chi connectivity index (χ3n) is 3.63. The Hall–Kier alpha value is -1.65. The fraction of sp³-hybridized carbons (Fsp3) is 0.353. The summed E-state index contributed by atoms with van der Waals surface area (Å²) in [6, 6.07) is 10.2. The van der Waals surface area contributed by atoms with Crippen molar-refractivity contribution >= 4 is 17.2 Å². The van der Waals surface area contributed by atoms with Gasteiger partial charge in [-0.3, -0.25) is 9.69 Å². The van der Waals surface area contributed by atoms with Crippen LogP contribution in [0.5, 0.6) is 0 Å². The summed E-state index contributed by atoms with van der Waals surface area (Å²) >= 11 is 1.54. The largest absolute Gasteiger partial charge is 0.348 e. The molecule has 0 saturated heterocycles. The van der Waals surface area contributed by atoms with Crippen LogP contribution in [0.4, 0.5) is 0 Å². The highest BCUT2D eigenvalue weighted by atomic mass is 32.1. The van der Waals surface area contributed by atoms with Crippen molar-refractivity contribution in [1.82, 2.24) is 10.2 Å². The number of nitrogens with zero attached hydrogens (tertiary/aromatic N) is 1. The van der Waals surface area contributed by atoms with Gasteiger partial charge in [-0.05, 0) is 35.7 Å². The zero-order valence-electron chi connectivity index (χ0n) is 12.6. The number of nitrogens with one attached hydrogen (secondary N) is 1. The van der Waals surface area contributed by atoms with Gasteiger partial charge in [-0.25, -0.2) is 0 Å². The normalized spacial score (nSPS) is 10.8. The molecular formula is C17H22N2OS. The average molecular weight is 302 g/mol. The lowest BCUT2D eigenvalue weighted by Crippen LogP contribution is -2.25. The summed E-state index contributed by atoms with van der Waals surface area (Å²) < 4.78 is 0. The highest BCUT2D eigenvalue weighted by molar-refractivity contribution is 7.08. The summed E-state index contributed by atoms with van der Waals surface area (Å²) in [7, 11) is 0. The minimum atomic E-state index is -0.00566. The number of thiophene rings is 1. The second kappa shape index (κ2) is 7.96. The maximum atomic E-state index is 12.0. The molecule has 1 amide bonds. The first-order valence-corrected chi connectivity index (χ1v) is 8.28. The Morgan fingerprint density at radius 3 is 2.48 bits per heavy atom. The van der Waals surface area contributed by atoms with Gasteiger partial charge in [-0.15, -0.1) is 0 Å². The van der Waals surface area contributed by atoms with Gasteiger partial charge in [-0.2, -0.15) is 11.3 Å². The summed E-state index contributed by atoms with van der Waals surface area (Å²) in [5.41, 5.74) is 3.21. The van der Waals surface area contributed by atoms with Gasteiger partial charge in [0, 0.05) is 24.0 Å². The van der Waals surface area contributed by atoms with Crippen LogP contribution in [0, 0.1) is 0 Å². The van der Waals surface area contributed by atoms with E-state index in [9.17, 15) is 4.79 Å². The Morgan fingerprint density at radius 2 is 1.86 bits per heavy atom. The highest BCUT2D eigenvalue weighted by Crippen LogP contribution is 2.12. The predicted octanol–water partition coefficient (Wildman–Crippen LogP) is 3.52. The number of carbonyl (C=O) groups is 1. The number of carbonyl (C=O) groups excluding carboxylic acids is 1. The summed E-state index contributed by atoms with van der Waals surface area (Å²) in [4.78, 5) is 14.4. The fourth-order valence-corrected chi connectivity index (χ4v) is 2.88. The van der Waals surface area contributed by atoms with Crippen molar-refractivity contribution in [1.29, 1.82) is 0 Å². The van der Waals surface area contributed by atoms with Gasteiger partial charge in [0.15, 0.2) is 0 Å². The van der Waals surface area contributed by atoms with E-state index in [0.29, 0.717) is 6.54 Å². The molecule has 1 N–H and O–H groups in total. The predicted molar refractivity (Wildman–Crippen MR) is 88.6 cm³/mol. The van der Waals surface area contributed by atoms with Crippen LogP contribution in [-0.2, 0) is 13.1 Å². The molecule has 2 rings (SSSR count). The molecule has 0 radical (unpaired) electrons. The van der Waals surface area contributed by atoms with Gasteiger partial charge in [0.2, 0.25) is 0 Å². The third kappa shape index (κ3) is 4.41. The second-order valence-electron chi connectivity index (χ2n) is 4.92. The Kier molecular flexibility index (Phi) is 5.96. The van der Waals surface area contributed by atoms with E-state index in [1.807, 2.05) is 22.9 Å². The first-order chi connectivity index (χ1) is 10.2. The minimum absolute atomic E-state index is 0.00566. The molecule has 0 aliphatic heterocycles. The minimum Gasteiger partial charge on any atom is -0.348 e. The monoisotopic (exact) mass is 302 g/mol. The van der Waals surface area contributed by atoms with Gasteiger partial charge >= 0.3 is 0 Å². The van der Waals surface area contributed by atoms with E-state index in [4.69, 9.17) is 0 Å². The number of hydrogen-bond acceptors (Lipinski definition) is 3. The van der Waals surface area contributed by atoms with Gasteiger partial charge in [0.1, 0.15) is 0 Å². The molecule has 1 heterocycles. The molecule has 0 bridgehead atoms. The average Bonchev–Trinajstić information content (AvgIpc) is 3.05. The van der Waals surface area contributed by atoms with E-state index in [1.54, 1.807) is 0 Å². The van der Waals surface area contributed by atoms with Crippen LogP contribution in [0.25, 0.3) is 0 Å². The number of amides is 1. The van der Waals surface area contributed by atoms with Crippen molar-refractivity contribution < 1.29 is 4.79 Å². The molecule has 112 valence electrons. The van der Waals surface area contributed by atoms with Crippen LogP contribution in [0.3, 0.4) is 0 Å². The quantitative estimate of drug-likeness (QED) is 0.848. The van der Waals surface area contributed by atoms with Crippen molar-refractivity contribution in [2.75, 3.05) is 13.1 Å². The molecule has 0 atom stereocenters. The summed E-state index contributed by atoms with van der Waals surface area (Å²) in [6.07, 6.45) is 0. The van der Waals surface area contributed by atoms with Gasteiger partial charge in [0.05, 0.1) is 0 Å². The van der Waals surface area contributed by atoms with Crippen LogP contribution < -0.4 is 5.32 Å². The molecule has 1 aromatic carbocycles. The Morgan fingerprint density at radius 1 is 1.14 bits per heavy atom. The molecule has 2 aromatic rings. The molecule has 0 aliphatic rings. The third-order valence-corrected chi connectivity index (χ3v) is 4.31. The van der Waals surface area contributed by atoms with Crippen molar-refractivity contribution in [3.63, 3.8) is 0 Å². The van der Waals surface area contributed by atoms with E-state index < -0.39 is 0 Å².